The van der Waals surface area contributed by atoms with Crippen molar-refractivity contribution in [2.24, 2.45) is 5.84 Å². The maximum Gasteiger partial charge on any atom is 0.124 e. The van der Waals surface area contributed by atoms with Gasteiger partial charge in [-0.25, -0.2) is 5.43 Å². The van der Waals surface area contributed by atoms with E-state index in [1.807, 2.05) is 32.0 Å². The van der Waals surface area contributed by atoms with Crippen molar-refractivity contribution in [3.05, 3.63) is 57.3 Å². The first-order valence-corrected chi connectivity index (χ1v) is 7.08. The fourth-order valence-corrected chi connectivity index (χ4v) is 2.59. The van der Waals surface area contributed by atoms with E-state index in [2.05, 4.69) is 32.4 Å². The van der Waals surface area contributed by atoms with Gasteiger partial charge >= 0.3 is 0 Å². The summed E-state index contributed by atoms with van der Waals surface area (Å²) in [5.41, 5.74) is 6.96. The van der Waals surface area contributed by atoms with E-state index >= 15 is 0 Å². The molecule has 0 spiro atoms. The molecule has 1 unspecified atom stereocenters. The standard InChI is InChI=1S/C15H18BrN3O/c1-9-6-10(2)14(13(7-9)20-3)15(19-17)12-5-4-11(16)8-18-12/h4-8,15,19H,17H2,1-3H3. The predicted molar refractivity (Wildman–Crippen MR) is 83.6 cm³/mol. The molecular formula is C15H18BrN3O. The zero-order chi connectivity index (χ0) is 14.7. The van der Waals surface area contributed by atoms with Crippen LogP contribution in [0.4, 0.5) is 0 Å². The number of nitrogens with one attached hydrogen (secondary N) is 1. The number of nitrogens with two attached hydrogens (primary N) is 1. The van der Waals surface area contributed by atoms with Gasteiger partial charge in [0, 0.05) is 16.2 Å². The van der Waals surface area contributed by atoms with E-state index < -0.39 is 0 Å². The third-order valence-corrected chi connectivity index (χ3v) is 3.68. The average Bonchev–Trinajstić information content (AvgIpc) is 2.43. The van der Waals surface area contributed by atoms with Crippen LogP contribution >= 0.6 is 15.9 Å². The summed E-state index contributed by atoms with van der Waals surface area (Å²) >= 11 is 3.39. The highest BCUT2D eigenvalue weighted by Gasteiger charge is 2.20. The lowest BCUT2D eigenvalue weighted by atomic mass is 9.96. The monoisotopic (exact) mass is 335 g/mol. The number of rotatable bonds is 4. The molecule has 1 aromatic carbocycles. The molecule has 4 nitrogen and oxygen atoms in total. The number of hydrazine groups is 1. The Morgan fingerprint density at radius 1 is 1.30 bits per heavy atom. The maximum absolute atomic E-state index is 5.75. The Kier molecular flexibility index (Phi) is 4.75. The molecule has 0 aliphatic rings. The Labute approximate surface area is 127 Å². The minimum Gasteiger partial charge on any atom is -0.496 e. The Morgan fingerprint density at radius 3 is 2.60 bits per heavy atom. The van der Waals surface area contributed by atoms with Crippen LogP contribution in [0.3, 0.4) is 0 Å². The van der Waals surface area contributed by atoms with Gasteiger partial charge in [0.15, 0.2) is 0 Å². The van der Waals surface area contributed by atoms with E-state index in [9.17, 15) is 0 Å². The van der Waals surface area contributed by atoms with Crippen molar-refractivity contribution in [3.63, 3.8) is 0 Å². The molecule has 0 aliphatic carbocycles. The molecule has 1 aromatic heterocycles. The van der Waals surface area contributed by atoms with Gasteiger partial charge in [0.25, 0.3) is 0 Å². The Balaban J connectivity index is 2.54. The molecule has 0 radical (unpaired) electrons. The summed E-state index contributed by atoms with van der Waals surface area (Å²) < 4.78 is 6.44. The molecule has 0 saturated carbocycles. The lowest BCUT2D eigenvalue weighted by molar-refractivity contribution is 0.402. The normalized spacial score (nSPS) is 12.2. The average molecular weight is 336 g/mol. The van der Waals surface area contributed by atoms with Crippen molar-refractivity contribution in [2.75, 3.05) is 7.11 Å². The van der Waals surface area contributed by atoms with Gasteiger partial charge in [-0.3, -0.25) is 10.8 Å². The van der Waals surface area contributed by atoms with Crippen LogP contribution in [0.15, 0.2) is 34.9 Å². The van der Waals surface area contributed by atoms with E-state index in [4.69, 9.17) is 10.6 Å². The predicted octanol–water partition coefficient (Wildman–Crippen LogP) is 3.02. The van der Waals surface area contributed by atoms with Crippen LogP contribution in [0.2, 0.25) is 0 Å². The smallest absolute Gasteiger partial charge is 0.124 e. The highest BCUT2D eigenvalue weighted by molar-refractivity contribution is 9.10. The number of hydrogen-bond acceptors (Lipinski definition) is 4. The first kappa shape index (κ1) is 15.0. The summed E-state index contributed by atoms with van der Waals surface area (Å²) in [6.07, 6.45) is 1.76. The van der Waals surface area contributed by atoms with Gasteiger partial charge in [-0.2, -0.15) is 0 Å². The summed E-state index contributed by atoms with van der Waals surface area (Å²) in [4.78, 5) is 4.42. The van der Waals surface area contributed by atoms with Gasteiger partial charge in [0.1, 0.15) is 5.75 Å². The number of aromatic nitrogens is 1. The fraction of sp³-hybridized carbons (Fsp3) is 0.267. The SMILES string of the molecule is COc1cc(C)cc(C)c1C(NN)c1ccc(Br)cn1. The number of halogens is 1. The molecule has 106 valence electrons. The van der Waals surface area contributed by atoms with E-state index in [-0.39, 0.29) is 6.04 Å². The molecule has 1 heterocycles. The van der Waals surface area contributed by atoms with Gasteiger partial charge < -0.3 is 4.74 Å². The Morgan fingerprint density at radius 2 is 2.05 bits per heavy atom. The van der Waals surface area contributed by atoms with Crippen LogP contribution in [-0.4, -0.2) is 12.1 Å². The Hall–Kier alpha value is -1.43. The molecule has 0 bridgehead atoms. The van der Waals surface area contributed by atoms with E-state index in [0.29, 0.717) is 0 Å². The van der Waals surface area contributed by atoms with Crippen LogP contribution in [-0.2, 0) is 0 Å². The van der Waals surface area contributed by atoms with Crippen molar-refractivity contribution < 1.29 is 4.74 Å². The highest BCUT2D eigenvalue weighted by atomic mass is 79.9. The molecule has 0 saturated heterocycles. The molecule has 1 atom stereocenters. The van der Waals surface area contributed by atoms with Gasteiger partial charge in [0.2, 0.25) is 0 Å². The number of ether oxygens (including phenoxy) is 1. The summed E-state index contributed by atoms with van der Waals surface area (Å²) in [5.74, 6) is 6.56. The first-order chi connectivity index (χ1) is 9.56. The number of nitrogens with zero attached hydrogens (tertiary/aromatic N) is 1. The minimum absolute atomic E-state index is 0.210. The van der Waals surface area contributed by atoms with Crippen LogP contribution in [0.5, 0.6) is 5.75 Å². The molecule has 0 amide bonds. The third kappa shape index (κ3) is 3.00. The molecule has 0 aliphatic heterocycles. The molecule has 2 aromatic rings. The van der Waals surface area contributed by atoms with Crippen molar-refractivity contribution in [1.29, 1.82) is 0 Å². The number of benzene rings is 1. The molecule has 2 rings (SSSR count). The maximum atomic E-state index is 5.75. The molecule has 0 fully saturated rings. The van der Waals surface area contributed by atoms with Crippen LogP contribution in [0.1, 0.15) is 28.4 Å². The quantitative estimate of drug-likeness (QED) is 0.666. The van der Waals surface area contributed by atoms with Crippen molar-refractivity contribution in [3.8, 4) is 5.75 Å². The molecule has 5 heteroatoms. The van der Waals surface area contributed by atoms with Crippen LogP contribution in [0.25, 0.3) is 0 Å². The second kappa shape index (κ2) is 6.35. The zero-order valence-electron chi connectivity index (χ0n) is 11.8. The summed E-state index contributed by atoms with van der Waals surface area (Å²) in [5, 5.41) is 0. The van der Waals surface area contributed by atoms with E-state index in [1.165, 1.54) is 0 Å². The number of aryl methyl sites for hydroxylation is 2. The van der Waals surface area contributed by atoms with Gasteiger partial charge in [-0.1, -0.05) is 6.07 Å². The number of pyridine rings is 1. The number of methoxy groups -OCH3 is 1. The van der Waals surface area contributed by atoms with Crippen LogP contribution in [0, 0.1) is 13.8 Å². The summed E-state index contributed by atoms with van der Waals surface area (Å²) in [7, 11) is 1.67. The van der Waals surface area contributed by atoms with Gasteiger partial charge in [0.05, 0.1) is 18.8 Å². The van der Waals surface area contributed by atoms with Crippen molar-refractivity contribution in [1.82, 2.24) is 10.4 Å². The van der Waals surface area contributed by atoms with Gasteiger partial charge in [-0.05, 0) is 59.1 Å². The minimum atomic E-state index is -0.210. The summed E-state index contributed by atoms with van der Waals surface area (Å²) in [6, 6.07) is 7.79. The largest absolute Gasteiger partial charge is 0.496 e. The first-order valence-electron chi connectivity index (χ1n) is 6.29. The molecule has 3 N–H and O–H groups in total. The van der Waals surface area contributed by atoms with Gasteiger partial charge in [-0.15, -0.1) is 0 Å². The van der Waals surface area contributed by atoms with E-state index in [1.54, 1.807) is 13.3 Å². The number of hydrogen-bond donors (Lipinski definition) is 2. The van der Waals surface area contributed by atoms with E-state index in [0.717, 1.165) is 32.6 Å². The highest BCUT2D eigenvalue weighted by Crippen LogP contribution is 2.33. The van der Waals surface area contributed by atoms with Crippen LogP contribution < -0.4 is 16.0 Å². The lowest BCUT2D eigenvalue weighted by Gasteiger charge is -2.21. The zero-order valence-corrected chi connectivity index (χ0v) is 13.4. The lowest BCUT2D eigenvalue weighted by Crippen LogP contribution is -2.30. The Bertz CT molecular complexity index is 599. The van der Waals surface area contributed by atoms with Crippen molar-refractivity contribution in [2.45, 2.75) is 19.9 Å². The summed E-state index contributed by atoms with van der Waals surface area (Å²) in [6.45, 7) is 4.09. The third-order valence-electron chi connectivity index (χ3n) is 3.21. The topological polar surface area (TPSA) is 60.2 Å². The molecular weight excluding hydrogens is 318 g/mol. The second-order valence-electron chi connectivity index (χ2n) is 4.70. The second-order valence-corrected chi connectivity index (χ2v) is 5.61. The molecule has 20 heavy (non-hydrogen) atoms. The fourth-order valence-electron chi connectivity index (χ4n) is 2.35. The van der Waals surface area contributed by atoms with Crippen molar-refractivity contribution >= 4 is 15.9 Å².